The van der Waals surface area contributed by atoms with Crippen molar-refractivity contribution in [1.82, 2.24) is 0 Å². The second kappa shape index (κ2) is 9.37. The second-order valence-electron chi connectivity index (χ2n) is 5.75. The minimum Gasteiger partial charge on any atom is -0.497 e. The van der Waals surface area contributed by atoms with Gasteiger partial charge >= 0.3 is 0 Å². The Morgan fingerprint density at radius 3 is 2.00 bits per heavy atom. The van der Waals surface area contributed by atoms with Crippen molar-refractivity contribution in [2.45, 2.75) is 6.61 Å². The molecule has 0 radical (unpaired) electrons. The van der Waals surface area contributed by atoms with E-state index in [1.54, 1.807) is 7.11 Å². The van der Waals surface area contributed by atoms with Gasteiger partial charge in [-0.1, -0.05) is 30.3 Å². The summed E-state index contributed by atoms with van der Waals surface area (Å²) in [7, 11) is 1.65. The van der Waals surface area contributed by atoms with Gasteiger partial charge in [-0.2, -0.15) is 0 Å². The highest BCUT2D eigenvalue weighted by Crippen LogP contribution is 2.18. The quantitative estimate of drug-likeness (QED) is 0.565. The van der Waals surface area contributed by atoms with E-state index in [2.05, 4.69) is 17.4 Å². The van der Waals surface area contributed by atoms with E-state index in [9.17, 15) is 0 Å². The van der Waals surface area contributed by atoms with Gasteiger partial charge in [0.15, 0.2) is 0 Å². The summed E-state index contributed by atoms with van der Waals surface area (Å²) in [6.45, 7) is 1.87. The molecule has 134 valence electrons. The van der Waals surface area contributed by atoms with Crippen LogP contribution in [0.2, 0.25) is 0 Å². The first-order chi connectivity index (χ1) is 12.8. The monoisotopic (exact) mass is 349 g/mol. The SMILES string of the molecule is COc1ccc(OCCNc2ccc(OCc3ccccc3)cc2)cc1. The topological polar surface area (TPSA) is 39.7 Å². The lowest BCUT2D eigenvalue weighted by molar-refractivity contribution is 0.306. The third-order valence-corrected chi connectivity index (χ3v) is 3.86. The fourth-order valence-electron chi connectivity index (χ4n) is 2.45. The van der Waals surface area contributed by atoms with Crippen molar-refractivity contribution < 1.29 is 14.2 Å². The standard InChI is InChI=1S/C22H23NO3/c1-24-20-11-13-21(14-12-20)25-16-15-23-19-7-9-22(10-8-19)26-17-18-5-3-2-4-6-18/h2-14,23H,15-17H2,1H3. The van der Waals surface area contributed by atoms with E-state index >= 15 is 0 Å². The van der Waals surface area contributed by atoms with Crippen LogP contribution < -0.4 is 19.5 Å². The van der Waals surface area contributed by atoms with Crippen LogP contribution in [0.3, 0.4) is 0 Å². The van der Waals surface area contributed by atoms with Crippen LogP contribution in [-0.2, 0) is 6.61 Å². The Labute approximate surface area is 154 Å². The Balaban J connectivity index is 1.38. The molecule has 1 N–H and O–H groups in total. The molecule has 0 bridgehead atoms. The molecule has 4 heteroatoms. The Kier molecular flexibility index (Phi) is 6.37. The molecule has 0 atom stereocenters. The van der Waals surface area contributed by atoms with E-state index < -0.39 is 0 Å². The van der Waals surface area contributed by atoms with Crippen molar-refractivity contribution in [1.29, 1.82) is 0 Å². The Bertz CT molecular complexity index is 771. The van der Waals surface area contributed by atoms with Crippen molar-refractivity contribution in [2.24, 2.45) is 0 Å². The van der Waals surface area contributed by atoms with Crippen molar-refractivity contribution in [3.63, 3.8) is 0 Å². The molecule has 0 fully saturated rings. The third kappa shape index (κ3) is 5.45. The third-order valence-electron chi connectivity index (χ3n) is 3.86. The molecule has 0 aliphatic rings. The molecule has 0 spiro atoms. The van der Waals surface area contributed by atoms with Crippen molar-refractivity contribution in [3.05, 3.63) is 84.4 Å². The molecule has 0 unspecified atom stereocenters. The van der Waals surface area contributed by atoms with E-state index in [-0.39, 0.29) is 0 Å². The molecular formula is C22H23NO3. The first kappa shape index (κ1) is 17.7. The second-order valence-corrected chi connectivity index (χ2v) is 5.75. The number of benzene rings is 3. The summed E-state index contributed by atoms with van der Waals surface area (Å²) in [5, 5.41) is 3.33. The molecule has 4 nitrogen and oxygen atoms in total. The number of hydrogen-bond acceptors (Lipinski definition) is 4. The molecule has 0 aliphatic heterocycles. The molecular weight excluding hydrogens is 326 g/mol. The van der Waals surface area contributed by atoms with Gasteiger partial charge in [0.25, 0.3) is 0 Å². The summed E-state index contributed by atoms with van der Waals surface area (Å²) in [6, 6.07) is 25.7. The Morgan fingerprint density at radius 2 is 1.31 bits per heavy atom. The molecule has 3 rings (SSSR count). The maximum absolute atomic E-state index is 5.79. The summed E-state index contributed by atoms with van der Waals surface area (Å²) >= 11 is 0. The molecule has 0 amide bonds. The first-order valence-corrected chi connectivity index (χ1v) is 8.61. The Hall–Kier alpha value is -3.14. The van der Waals surface area contributed by atoms with Crippen LogP contribution in [0.4, 0.5) is 5.69 Å². The van der Waals surface area contributed by atoms with Gasteiger partial charge in [-0.05, 0) is 54.1 Å². The highest BCUT2D eigenvalue weighted by Gasteiger charge is 1.98. The summed E-state index contributed by atoms with van der Waals surface area (Å²) in [4.78, 5) is 0. The van der Waals surface area contributed by atoms with E-state index in [4.69, 9.17) is 14.2 Å². The lowest BCUT2D eigenvalue weighted by atomic mass is 10.2. The number of rotatable bonds is 9. The van der Waals surface area contributed by atoms with Crippen LogP contribution >= 0.6 is 0 Å². The van der Waals surface area contributed by atoms with Gasteiger partial charge in [0, 0.05) is 12.2 Å². The number of hydrogen-bond donors (Lipinski definition) is 1. The number of methoxy groups -OCH3 is 1. The molecule has 3 aromatic rings. The van der Waals surface area contributed by atoms with E-state index in [1.165, 1.54) is 0 Å². The molecule has 0 aromatic heterocycles. The lowest BCUT2D eigenvalue weighted by Crippen LogP contribution is -2.11. The van der Waals surface area contributed by atoms with Crippen LogP contribution in [0.1, 0.15) is 5.56 Å². The van der Waals surface area contributed by atoms with E-state index in [0.29, 0.717) is 13.2 Å². The highest BCUT2D eigenvalue weighted by atomic mass is 16.5. The predicted molar refractivity (Wildman–Crippen MR) is 104 cm³/mol. The Morgan fingerprint density at radius 1 is 0.692 bits per heavy atom. The molecule has 0 heterocycles. The molecule has 0 saturated carbocycles. The van der Waals surface area contributed by atoms with Crippen LogP contribution in [0.25, 0.3) is 0 Å². The van der Waals surface area contributed by atoms with E-state index in [1.807, 2.05) is 66.7 Å². The van der Waals surface area contributed by atoms with Crippen LogP contribution in [-0.4, -0.2) is 20.3 Å². The smallest absolute Gasteiger partial charge is 0.119 e. The fourth-order valence-corrected chi connectivity index (χ4v) is 2.45. The lowest BCUT2D eigenvalue weighted by Gasteiger charge is -2.10. The van der Waals surface area contributed by atoms with Crippen LogP contribution in [0.5, 0.6) is 17.2 Å². The largest absolute Gasteiger partial charge is 0.497 e. The number of nitrogens with one attached hydrogen (secondary N) is 1. The normalized spacial score (nSPS) is 10.2. The average Bonchev–Trinajstić information content (AvgIpc) is 2.72. The van der Waals surface area contributed by atoms with Gasteiger partial charge in [-0.15, -0.1) is 0 Å². The number of ether oxygens (including phenoxy) is 3. The van der Waals surface area contributed by atoms with Crippen molar-refractivity contribution in [2.75, 3.05) is 25.6 Å². The van der Waals surface area contributed by atoms with Gasteiger partial charge in [0.1, 0.15) is 30.5 Å². The van der Waals surface area contributed by atoms with Gasteiger partial charge in [-0.25, -0.2) is 0 Å². The fraction of sp³-hybridized carbons (Fsp3) is 0.182. The van der Waals surface area contributed by atoms with Gasteiger partial charge < -0.3 is 19.5 Å². The number of anilines is 1. The van der Waals surface area contributed by atoms with Gasteiger partial charge in [0.2, 0.25) is 0 Å². The van der Waals surface area contributed by atoms with Gasteiger partial charge in [0.05, 0.1) is 7.11 Å². The predicted octanol–water partition coefficient (Wildman–Crippen LogP) is 4.77. The molecule has 0 saturated heterocycles. The summed E-state index contributed by atoms with van der Waals surface area (Å²) in [5.41, 5.74) is 2.20. The van der Waals surface area contributed by atoms with Crippen LogP contribution in [0.15, 0.2) is 78.9 Å². The van der Waals surface area contributed by atoms with E-state index in [0.717, 1.165) is 35.0 Å². The minimum absolute atomic E-state index is 0.573. The zero-order chi connectivity index (χ0) is 18.0. The minimum atomic E-state index is 0.573. The average molecular weight is 349 g/mol. The van der Waals surface area contributed by atoms with Crippen molar-refractivity contribution in [3.8, 4) is 17.2 Å². The zero-order valence-corrected chi connectivity index (χ0v) is 14.9. The van der Waals surface area contributed by atoms with Gasteiger partial charge in [-0.3, -0.25) is 0 Å². The first-order valence-electron chi connectivity index (χ1n) is 8.61. The summed E-state index contributed by atoms with van der Waals surface area (Å²) in [6.07, 6.45) is 0. The summed E-state index contributed by atoms with van der Waals surface area (Å²) in [5.74, 6) is 2.51. The molecule has 3 aromatic carbocycles. The molecule has 0 aliphatic carbocycles. The maximum Gasteiger partial charge on any atom is 0.119 e. The van der Waals surface area contributed by atoms with Crippen molar-refractivity contribution >= 4 is 5.69 Å². The van der Waals surface area contributed by atoms with Crippen LogP contribution in [0, 0.1) is 0 Å². The molecule has 26 heavy (non-hydrogen) atoms. The summed E-state index contributed by atoms with van der Waals surface area (Å²) < 4.78 is 16.6. The zero-order valence-electron chi connectivity index (χ0n) is 14.9. The highest BCUT2D eigenvalue weighted by molar-refractivity contribution is 5.46. The maximum atomic E-state index is 5.79.